The van der Waals surface area contributed by atoms with E-state index in [9.17, 15) is 0 Å². The number of hydrogen-bond donors (Lipinski definition) is 2. The first-order valence-electron chi connectivity index (χ1n) is 4.45. The van der Waals surface area contributed by atoms with Crippen molar-refractivity contribution in [3.05, 3.63) is 11.6 Å². The Hall–Kier alpha value is -0.900. The van der Waals surface area contributed by atoms with Gasteiger partial charge < -0.3 is 5.73 Å². The molecule has 1 heterocycles. The predicted octanol–water partition coefficient (Wildman–Crippen LogP) is 1.09. The standard InChI is InChI=1S/C8H14N4/c1-5(9)7-10-8(12-11-7)6-3-2-4-6/h5-6H,2-4,9H2,1H3,(H,10,11,12). The molecule has 1 aliphatic rings. The second-order valence-electron chi connectivity index (χ2n) is 3.50. The molecule has 1 aromatic rings. The van der Waals surface area contributed by atoms with E-state index in [2.05, 4.69) is 15.2 Å². The maximum atomic E-state index is 5.64. The summed E-state index contributed by atoms with van der Waals surface area (Å²) in [6, 6.07) is -0.0601. The number of H-pyrrole nitrogens is 1. The molecule has 3 N–H and O–H groups in total. The van der Waals surface area contributed by atoms with Crippen molar-refractivity contribution in [3.8, 4) is 0 Å². The van der Waals surface area contributed by atoms with Crippen LogP contribution in [-0.4, -0.2) is 15.2 Å². The van der Waals surface area contributed by atoms with Crippen molar-refractivity contribution < 1.29 is 0 Å². The molecule has 12 heavy (non-hydrogen) atoms. The number of nitrogens with zero attached hydrogens (tertiary/aromatic N) is 2. The summed E-state index contributed by atoms with van der Waals surface area (Å²) in [7, 11) is 0. The Morgan fingerprint density at radius 2 is 2.33 bits per heavy atom. The summed E-state index contributed by atoms with van der Waals surface area (Å²) in [5.74, 6) is 2.37. The van der Waals surface area contributed by atoms with Gasteiger partial charge in [0.05, 0.1) is 6.04 Å². The Morgan fingerprint density at radius 1 is 1.58 bits per heavy atom. The van der Waals surface area contributed by atoms with Gasteiger partial charge in [0.1, 0.15) is 5.82 Å². The number of nitrogens with two attached hydrogens (primary N) is 1. The minimum Gasteiger partial charge on any atom is -0.321 e. The summed E-state index contributed by atoms with van der Waals surface area (Å²) >= 11 is 0. The lowest BCUT2D eigenvalue weighted by molar-refractivity contribution is 0.402. The fourth-order valence-electron chi connectivity index (χ4n) is 1.36. The number of nitrogens with one attached hydrogen (secondary N) is 1. The zero-order valence-electron chi connectivity index (χ0n) is 7.25. The topological polar surface area (TPSA) is 67.6 Å². The second kappa shape index (κ2) is 2.86. The zero-order valence-corrected chi connectivity index (χ0v) is 7.25. The SMILES string of the molecule is CC(N)c1n[nH]c(C2CCC2)n1. The monoisotopic (exact) mass is 166 g/mol. The fourth-order valence-corrected chi connectivity index (χ4v) is 1.36. The van der Waals surface area contributed by atoms with Gasteiger partial charge in [-0.05, 0) is 19.8 Å². The molecular weight excluding hydrogens is 152 g/mol. The van der Waals surface area contributed by atoms with E-state index in [1.807, 2.05) is 6.92 Å². The van der Waals surface area contributed by atoms with Gasteiger partial charge in [-0.1, -0.05) is 6.42 Å². The third-order valence-corrected chi connectivity index (χ3v) is 2.42. The maximum absolute atomic E-state index is 5.64. The van der Waals surface area contributed by atoms with Gasteiger partial charge in [-0.3, -0.25) is 5.10 Å². The lowest BCUT2D eigenvalue weighted by atomic mass is 9.85. The van der Waals surface area contributed by atoms with Gasteiger partial charge in [0.15, 0.2) is 5.82 Å². The first-order chi connectivity index (χ1) is 5.77. The average molecular weight is 166 g/mol. The molecular formula is C8H14N4. The quantitative estimate of drug-likeness (QED) is 0.691. The molecule has 0 aromatic carbocycles. The normalized spacial score (nSPS) is 20.5. The van der Waals surface area contributed by atoms with E-state index >= 15 is 0 Å². The third kappa shape index (κ3) is 1.22. The molecule has 0 spiro atoms. The van der Waals surface area contributed by atoms with Crippen LogP contribution in [0, 0.1) is 0 Å². The van der Waals surface area contributed by atoms with Gasteiger partial charge >= 0.3 is 0 Å². The predicted molar refractivity (Wildman–Crippen MR) is 45.6 cm³/mol. The Kier molecular flexibility index (Phi) is 1.84. The number of hydrogen-bond acceptors (Lipinski definition) is 3. The van der Waals surface area contributed by atoms with Crippen molar-refractivity contribution >= 4 is 0 Å². The first kappa shape index (κ1) is 7.73. The van der Waals surface area contributed by atoms with Crippen molar-refractivity contribution in [2.24, 2.45) is 5.73 Å². The third-order valence-electron chi connectivity index (χ3n) is 2.42. The van der Waals surface area contributed by atoms with Gasteiger partial charge in [-0.25, -0.2) is 4.98 Å². The molecule has 2 rings (SSSR count). The van der Waals surface area contributed by atoms with Crippen molar-refractivity contribution in [3.63, 3.8) is 0 Å². The molecule has 0 aliphatic heterocycles. The highest BCUT2D eigenvalue weighted by molar-refractivity contribution is 5.03. The van der Waals surface area contributed by atoms with E-state index in [1.54, 1.807) is 0 Å². The van der Waals surface area contributed by atoms with Crippen LogP contribution >= 0.6 is 0 Å². The summed E-state index contributed by atoms with van der Waals surface area (Å²) in [5.41, 5.74) is 5.64. The molecule has 1 saturated carbocycles. The van der Waals surface area contributed by atoms with Crippen LogP contribution in [0.3, 0.4) is 0 Å². The summed E-state index contributed by atoms with van der Waals surface area (Å²) < 4.78 is 0. The highest BCUT2D eigenvalue weighted by Crippen LogP contribution is 2.34. The molecule has 0 amide bonds. The Labute approximate surface area is 71.6 Å². The molecule has 0 saturated heterocycles. The molecule has 0 bridgehead atoms. The molecule has 66 valence electrons. The molecule has 1 fully saturated rings. The summed E-state index contributed by atoms with van der Waals surface area (Å²) in [6.45, 7) is 1.90. The molecule has 1 aromatic heterocycles. The highest BCUT2D eigenvalue weighted by atomic mass is 15.2. The van der Waals surface area contributed by atoms with Crippen LogP contribution in [0.2, 0.25) is 0 Å². The fraction of sp³-hybridized carbons (Fsp3) is 0.750. The molecule has 4 nitrogen and oxygen atoms in total. The van der Waals surface area contributed by atoms with Crippen LogP contribution in [0.4, 0.5) is 0 Å². The zero-order chi connectivity index (χ0) is 8.55. The largest absolute Gasteiger partial charge is 0.321 e. The highest BCUT2D eigenvalue weighted by Gasteiger charge is 2.23. The van der Waals surface area contributed by atoms with Crippen molar-refractivity contribution in [1.82, 2.24) is 15.2 Å². The van der Waals surface area contributed by atoms with Gasteiger partial charge in [0.25, 0.3) is 0 Å². The van der Waals surface area contributed by atoms with Crippen LogP contribution in [-0.2, 0) is 0 Å². The van der Waals surface area contributed by atoms with Crippen molar-refractivity contribution in [2.75, 3.05) is 0 Å². The van der Waals surface area contributed by atoms with E-state index in [4.69, 9.17) is 5.73 Å². The Morgan fingerprint density at radius 3 is 2.75 bits per heavy atom. The summed E-state index contributed by atoms with van der Waals surface area (Å²) in [6.07, 6.45) is 3.81. The van der Waals surface area contributed by atoms with E-state index in [0.29, 0.717) is 5.92 Å². The van der Waals surface area contributed by atoms with E-state index in [0.717, 1.165) is 11.6 Å². The van der Waals surface area contributed by atoms with Crippen molar-refractivity contribution in [1.29, 1.82) is 0 Å². The minimum atomic E-state index is -0.0601. The van der Waals surface area contributed by atoms with Crippen LogP contribution in [0.25, 0.3) is 0 Å². The van der Waals surface area contributed by atoms with Crippen LogP contribution in [0.15, 0.2) is 0 Å². The molecule has 4 heteroatoms. The van der Waals surface area contributed by atoms with E-state index < -0.39 is 0 Å². The number of aromatic nitrogens is 3. The summed E-state index contributed by atoms with van der Waals surface area (Å²) in [4.78, 5) is 4.34. The first-order valence-corrected chi connectivity index (χ1v) is 4.45. The van der Waals surface area contributed by atoms with E-state index in [-0.39, 0.29) is 6.04 Å². The number of rotatable bonds is 2. The van der Waals surface area contributed by atoms with Gasteiger partial charge in [0, 0.05) is 5.92 Å². The molecule has 1 unspecified atom stereocenters. The van der Waals surface area contributed by atoms with E-state index in [1.165, 1.54) is 19.3 Å². The lowest BCUT2D eigenvalue weighted by Gasteiger charge is -2.22. The molecule has 0 radical (unpaired) electrons. The van der Waals surface area contributed by atoms with Gasteiger partial charge in [-0.15, -0.1) is 0 Å². The Bertz CT molecular complexity index is 262. The second-order valence-corrected chi connectivity index (χ2v) is 3.50. The minimum absolute atomic E-state index is 0.0601. The maximum Gasteiger partial charge on any atom is 0.167 e. The molecule has 1 aliphatic carbocycles. The van der Waals surface area contributed by atoms with Crippen molar-refractivity contribution in [2.45, 2.75) is 38.1 Å². The van der Waals surface area contributed by atoms with Crippen LogP contribution in [0.5, 0.6) is 0 Å². The Balaban J connectivity index is 2.12. The number of aromatic amines is 1. The van der Waals surface area contributed by atoms with Crippen LogP contribution < -0.4 is 5.73 Å². The average Bonchev–Trinajstić information content (AvgIpc) is 2.32. The van der Waals surface area contributed by atoms with Crippen LogP contribution in [0.1, 0.15) is 49.8 Å². The van der Waals surface area contributed by atoms with Gasteiger partial charge in [-0.2, -0.15) is 5.10 Å². The lowest BCUT2D eigenvalue weighted by Crippen LogP contribution is -2.11. The molecule has 1 atom stereocenters. The summed E-state index contributed by atoms with van der Waals surface area (Å²) in [5, 5.41) is 7.01. The van der Waals surface area contributed by atoms with Gasteiger partial charge in [0.2, 0.25) is 0 Å². The smallest absolute Gasteiger partial charge is 0.167 e.